The predicted molar refractivity (Wildman–Crippen MR) is 145 cm³/mol. The molecule has 0 amide bonds. The molecule has 1 saturated heterocycles. The standard InChI is InChI=1S/C27H30ClN5O2S/c1-31-26-12-9-23(30-36(34,35)24-10-7-22(28)8-11-24)19-25(26)29-27(31)13-14-32-15-17-33(18-16-32)20-21-5-3-2-4-6-21/h2-12,19,30H,13-18,20H2,1H3. The van der Waals surface area contributed by atoms with Crippen LogP contribution in [0.5, 0.6) is 0 Å². The Morgan fingerprint density at radius 1 is 0.917 bits per heavy atom. The number of nitrogens with one attached hydrogen (secondary N) is 1. The van der Waals surface area contributed by atoms with Crippen molar-refractivity contribution in [2.75, 3.05) is 37.4 Å². The molecule has 1 aliphatic heterocycles. The minimum atomic E-state index is -3.71. The number of piperazine rings is 1. The van der Waals surface area contributed by atoms with Crippen LogP contribution in [0.15, 0.2) is 77.7 Å². The van der Waals surface area contributed by atoms with Crippen LogP contribution in [0.3, 0.4) is 0 Å². The number of imidazole rings is 1. The second-order valence-electron chi connectivity index (χ2n) is 9.20. The van der Waals surface area contributed by atoms with Gasteiger partial charge in [0.2, 0.25) is 0 Å². The first-order chi connectivity index (χ1) is 17.4. The maximum Gasteiger partial charge on any atom is 0.261 e. The number of aryl methyl sites for hydroxylation is 1. The topological polar surface area (TPSA) is 70.5 Å². The van der Waals surface area contributed by atoms with Gasteiger partial charge in [-0.05, 0) is 48.0 Å². The molecule has 0 radical (unpaired) electrons. The smallest absolute Gasteiger partial charge is 0.261 e. The Morgan fingerprint density at radius 3 is 2.33 bits per heavy atom. The van der Waals surface area contributed by atoms with Crippen LogP contribution in [-0.2, 0) is 30.0 Å². The van der Waals surface area contributed by atoms with Gasteiger partial charge in [-0.15, -0.1) is 0 Å². The second kappa shape index (κ2) is 10.6. The van der Waals surface area contributed by atoms with Crippen LogP contribution < -0.4 is 4.72 Å². The average Bonchev–Trinajstić information content (AvgIpc) is 3.19. The quantitative estimate of drug-likeness (QED) is 0.371. The van der Waals surface area contributed by atoms with E-state index in [2.05, 4.69) is 49.4 Å². The number of hydrogen-bond acceptors (Lipinski definition) is 5. The van der Waals surface area contributed by atoms with Crippen LogP contribution in [0.25, 0.3) is 11.0 Å². The lowest BCUT2D eigenvalue weighted by atomic mass is 10.2. The SMILES string of the molecule is Cn1c(CCN2CCN(Cc3ccccc3)CC2)nc2cc(NS(=O)(=O)c3ccc(Cl)cc3)ccc21. The van der Waals surface area contributed by atoms with E-state index in [-0.39, 0.29) is 4.90 Å². The van der Waals surface area contributed by atoms with Gasteiger partial charge in [-0.25, -0.2) is 13.4 Å². The van der Waals surface area contributed by atoms with Crippen molar-refractivity contribution in [2.24, 2.45) is 7.05 Å². The van der Waals surface area contributed by atoms with E-state index in [4.69, 9.17) is 16.6 Å². The molecule has 5 rings (SSSR count). The highest BCUT2D eigenvalue weighted by Crippen LogP contribution is 2.23. The third kappa shape index (κ3) is 5.73. The molecule has 0 unspecified atom stereocenters. The summed E-state index contributed by atoms with van der Waals surface area (Å²) in [6, 6.07) is 22.2. The van der Waals surface area contributed by atoms with Gasteiger partial charge in [-0.2, -0.15) is 0 Å². The summed E-state index contributed by atoms with van der Waals surface area (Å²) in [4.78, 5) is 9.98. The molecule has 0 aliphatic carbocycles. The molecule has 1 N–H and O–H groups in total. The predicted octanol–water partition coefficient (Wildman–Crippen LogP) is 4.39. The largest absolute Gasteiger partial charge is 0.331 e. The molecule has 0 atom stereocenters. The Morgan fingerprint density at radius 2 is 1.61 bits per heavy atom. The number of anilines is 1. The van der Waals surface area contributed by atoms with Gasteiger partial charge in [0.15, 0.2) is 0 Å². The van der Waals surface area contributed by atoms with Crippen molar-refractivity contribution in [2.45, 2.75) is 17.9 Å². The van der Waals surface area contributed by atoms with Crippen molar-refractivity contribution in [3.05, 3.63) is 89.2 Å². The third-order valence-electron chi connectivity index (χ3n) is 6.72. The summed E-state index contributed by atoms with van der Waals surface area (Å²) in [5.74, 6) is 0.995. The van der Waals surface area contributed by atoms with Gasteiger partial charge in [0, 0.05) is 57.8 Å². The molecule has 0 spiro atoms. The maximum atomic E-state index is 12.7. The Balaban J connectivity index is 1.19. The second-order valence-corrected chi connectivity index (χ2v) is 11.3. The van der Waals surface area contributed by atoms with E-state index in [1.54, 1.807) is 24.3 Å². The molecule has 0 saturated carbocycles. The first-order valence-electron chi connectivity index (χ1n) is 12.1. The zero-order valence-corrected chi connectivity index (χ0v) is 21.8. The van der Waals surface area contributed by atoms with E-state index in [1.807, 2.05) is 13.1 Å². The number of halogens is 1. The fourth-order valence-electron chi connectivity index (χ4n) is 4.64. The number of benzene rings is 3. The Kier molecular flexibility index (Phi) is 7.29. The van der Waals surface area contributed by atoms with Crippen molar-refractivity contribution >= 4 is 38.3 Å². The summed E-state index contributed by atoms with van der Waals surface area (Å²) in [7, 11) is -1.69. The van der Waals surface area contributed by atoms with Gasteiger partial charge in [0.25, 0.3) is 10.0 Å². The van der Waals surface area contributed by atoms with E-state index in [1.165, 1.54) is 17.7 Å². The minimum Gasteiger partial charge on any atom is -0.331 e. The molecule has 1 aromatic heterocycles. The molecular formula is C27H30ClN5O2S. The van der Waals surface area contributed by atoms with E-state index in [9.17, 15) is 8.42 Å². The lowest BCUT2D eigenvalue weighted by Crippen LogP contribution is -2.46. The summed E-state index contributed by atoms with van der Waals surface area (Å²) in [5.41, 5.74) is 3.60. The first-order valence-corrected chi connectivity index (χ1v) is 14.0. The molecule has 0 bridgehead atoms. The molecule has 3 aromatic carbocycles. The van der Waals surface area contributed by atoms with Crippen LogP contribution in [0, 0.1) is 0 Å². The van der Waals surface area contributed by atoms with Crippen molar-refractivity contribution in [3.63, 3.8) is 0 Å². The lowest BCUT2D eigenvalue weighted by molar-refractivity contribution is 0.127. The third-order valence-corrected chi connectivity index (χ3v) is 8.36. The van der Waals surface area contributed by atoms with Crippen LogP contribution >= 0.6 is 11.6 Å². The normalized spacial score (nSPS) is 15.4. The number of rotatable bonds is 8. The highest BCUT2D eigenvalue weighted by molar-refractivity contribution is 7.92. The number of fused-ring (bicyclic) bond motifs is 1. The van der Waals surface area contributed by atoms with Crippen molar-refractivity contribution in [1.29, 1.82) is 0 Å². The van der Waals surface area contributed by atoms with E-state index >= 15 is 0 Å². The van der Waals surface area contributed by atoms with Crippen LogP contribution in [0.4, 0.5) is 5.69 Å². The highest BCUT2D eigenvalue weighted by atomic mass is 35.5. The van der Waals surface area contributed by atoms with Gasteiger partial charge in [0.1, 0.15) is 5.82 Å². The van der Waals surface area contributed by atoms with Gasteiger partial charge >= 0.3 is 0 Å². The average molecular weight is 524 g/mol. The summed E-state index contributed by atoms with van der Waals surface area (Å²) < 4.78 is 30.2. The highest BCUT2D eigenvalue weighted by Gasteiger charge is 2.19. The maximum absolute atomic E-state index is 12.7. The number of aromatic nitrogens is 2. The van der Waals surface area contributed by atoms with E-state index < -0.39 is 10.0 Å². The summed E-state index contributed by atoms with van der Waals surface area (Å²) in [5, 5.41) is 0.491. The summed E-state index contributed by atoms with van der Waals surface area (Å²) in [6.45, 7) is 6.18. The van der Waals surface area contributed by atoms with Crippen LogP contribution in [0.2, 0.25) is 5.02 Å². The van der Waals surface area contributed by atoms with Gasteiger partial charge < -0.3 is 9.47 Å². The molecule has 1 aliphatic rings. The fraction of sp³-hybridized carbons (Fsp3) is 0.296. The van der Waals surface area contributed by atoms with Gasteiger partial charge in [-0.3, -0.25) is 9.62 Å². The molecular weight excluding hydrogens is 494 g/mol. The Hall–Kier alpha value is -2.91. The first kappa shape index (κ1) is 24.8. The van der Waals surface area contributed by atoms with Crippen molar-refractivity contribution in [1.82, 2.24) is 19.4 Å². The Labute approximate surface area is 217 Å². The Bertz CT molecular complexity index is 1430. The zero-order chi connectivity index (χ0) is 25.1. The summed E-state index contributed by atoms with van der Waals surface area (Å²) in [6.07, 6.45) is 0.843. The summed E-state index contributed by atoms with van der Waals surface area (Å²) >= 11 is 5.88. The van der Waals surface area contributed by atoms with Gasteiger partial charge in [0.05, 0.1) is 21.6 Å². The molecule has 9 heteroatoms. The zero-order valence-electron chi connectivity index (χ0n) is 20.3. The van der Waals surface area contributed by atoms with Crippen molar-refractivity contribution < 1.29 is 8.42 Å². The molecule has 188 valence electrons. The minimum absolute atomic E-state index is 0.164. The molecule has 2 heterocycles. The monoisotopic (exact) mass is 523 g/mol. The van der Waals surface area contributed by atoms with E-state index in [0.717, 1.165) is 62.5 Å². The van der Waals surface area contributed by atoms with Crippen LogP contribution in [0.1, 0.15) is 11.4 Å². The molecule has 1 fully saturated rings. The lowest BCUT2D eigenvalue weighted by Gasteiger charge is -2.34. The molecule has 36 heavy (non-hydrogen) atoms. The number of sulfonamides is 1. The number of nitrogens with zero attached hydrogens (tertiary/aromatic N) is 4. The van der Waals surface area contributed by atoms with Gasteiger partial charge in [-0.1, -0.05) is 41.9 Å². The molecule has 7 nitrogen and oxygen atoms in total. The molecule has 4 aromatic rings. The van der Waals surface area contributed by atoms with Crippen molar-refractivity contribution in [3.8, 4) is 0 Å². The number of hydrogen-bond donors (Lipinski definition) is 1. The van der Waals surface area contributed by atoms with E-state index in [0.29, 0.717) is 10.7 Å². The van der Waals surface area contributed by atoms with Crippen LogP contribution in [-0.4, -0.2) is 60.5 Å². The fourth-order valence-corrected chi connectivity index (χ4v) is 5.81.